The number of carbonyl (C=O) groups is 1. The van der Waals surface area contributed by atoms with Gasteiger partial charge in [0.05, 0.1) is 4.90 Å². The minimum absolute atomic E-state index is 0.237. The Balaban J connectivity index is 2.49. The van der Waals surface area contributed by atoms with Crippen LogP contribution in [-0.4, -0.2) is 56.9 Å². The second-order valence-corrected chi connectivity index (χ2v) is 6.60. The summed E-state index contributed by atoms with van der Waals surface area (Å²) in [6.07, 6.45) is 1.14. The molecule has 1 atom stereocenters. The molecule has 7 heteroatoms. The first-order valence-electron chi connectivity index (χ1n) is 6.08. The molecule has 0 aromatic heterocycles. The first-order valence-corrected chi connectivity index (χ1v) is 7.97. The number of hydrogen-bond donors (Lipinski definition) is 1. The van der Waals surface area contributed by atoms with E-state index in [1.807, 2.05) is 0 Å². The van der Waals surface area contributed by atoms with Crippen LogP contribution in [0.5, 0.6) is 5.75 Å². The number of hydrogen-bond acceptors (Lipinski definition) is 5. The van der Waals surface area contributed by atoms with Crippen LogP contribution >= 0.6 is 0 Å². The Morgan fingerprint density at radius 1 is 1.35 bits per heavy atom. The summed E-state index contributed by atoms with van der Waals surface area (Å²) in [4.78, 5) is 12.7. The monoisotopic (exact) mass is 301 g/mol. The third kappa shape index (κ3) is 4.82. The fourth-order valence-electron chi connectivity index (χ4n) is 1.47. The first-order chi connectivity index (χ1) is 9.21. The summed E-state index contributed by atoms with van der Waals surface area (Å²) in [7, 11) is -1.50. The van der Waals surface area contributed by atoms with Crippen molar-refractivity contribution in [1.82, 2.24) is 4.90 Å². The summed E-state index contributed by atoms with van der Waals surface area (Å²) in [5, 5.41) is 8.84. The molecule has 0 radical (unpaired) electrons. The zero-order valence-corrected chi connectivity index (χ0v) is 12.6. The van der Waals surface area contributed by atoms with E-state index < -0.39 is 21.8 Å². The standard InChI is InChI=1S/C13H19NO5S/c1-10(13(15)16)14(2)8-9-19-11-4-6-12(7-5-11)20(3,17)18/h4-7,10H,8-9H2,1-3H3,(H,15,16). The van der Waals surface area contributed by atoms with Crippen molar-refractivity contribution in [2.75, 3.05) is 26.5 Å². The maximum Gasteiger partial charge on any atom is 0.320 e. The second-order valence-electron chi connectivity index (χ2n) is 4.59. The molecule has 1 unspecified atom stereocenters. The molecule has 1 aromatic rings. The van der Waals surface area contributed by atoms with Crippen molar-refractivity contribution in [3.05, 3.63) is 24.3 Å². The number of likely N-dealkylation sites (N-methyl/N-ethyl adjacent to an activating group) is 1. The van der Waals surface area contributed by atoms with E-state index in [1.54, 1.807) is 31.0 Å². The molecule has 0 aliphatic rings. The van der Waals surface area contributed by atoms with E-state index in [-0.39, 0.29) is 4.90 Å². The topological polar surface area (TPSA) is 83.9 Å². The average Bonchev–Trinajstić information content (AvgIpc) is 2.37. The lowest BCUT2D eigenvalue weighted by molar-refractivity contribution is -0.142. The van der Waals surface area contributed by atoms with Crippen LogP contribution in [0.1, 0.15) is 6.92 Å². The molecule has 0 aliphatic carbocycles. The van der Waals surface area contributed by atoms with Crippen molar-refractivity contribution < 1.29 is 23.1 Å². The van der Waals surface area contributed by atoms with E-state index in [0.29, 0.717) is 18.9 Å². The molecule has 1 N–H and O–H groups in total. The van der Waals surface area contributed by atoms with Gasteiger partial charge in [-0.3, -0.25) is 9.69 Å². The van der Waals surface area contributed by atoms with E-state index >= 15 is 0 Å². The van der Waals surface area contributed by atoms with Gasteiger partial charge in [-0.2, -0.15) is 0 Å². The van der Waals surface area contributed by atoms with Crippen LogP contribution in [0.15, 0.2) is 29.2 Å². The lowest BCUT2D eigenvalue weighted by Gasteiger charge is -2.20. The van der Waals surface area contributed by atoms with Crippen LogP contribution in [-0.2, 0) is 14.6 Å². The van der Waals surface area contributed by atoms with Gasteiger partial charge in [-0.05, 0) is 38.2 Å². The van der Waals surface area contributed by atoms with Gasteiger partial charge in [-0.1, -0.05) is 0 Å². The van der Waals surface area contributed by atoms with Gasteiger partial charge in [0.1, 0.15) is 18.4 Å². The lowest BCUT2D eigenvalue weighted by Crippen LogP contribution is -2.38. The van der Waals surface area contributed by atoms with Crippen LogP contribution in [0.4, 0.5) is 0 Å². The zero-order chi connectivity index (χ0) is 15.3. The molecule has 20 heavy (non-hydrogen) atoms. The van der Waals surface area contributed by atoms with Gasteiger partial charge >= 0.3 is 5.97 Å². The number of rotatable bonds is 7. The van der Waals surface area contributed by atoms with Gasteiger partial charge in [0, 0.05) is 12.8 Å². The van der Waals surface area contributed by atoms with E-state index in [4.69, 9.17) is 9.84 Å². The quantitative estimate of drug-likeness (QED) is 0.804. The predicted octanol–water partition coefficient (Wildman–Crippen LogP) is 0.874. The molecule has 0 saturated carbocycles. The third-order valence-electron chi connectivity index (χ3n) is 2.98. The van der Waals surface area contributed by atoms with Gasteiger partial charge in [0.2, 0.25) is 0 Å². The molecule has 0 spiro atoms. The first kappa shape index (κ1) is 16.5. The largest absolute Gasteiger partial charge is 0.492 e. The van der Waals surface area contributed by atoms with Crippen LogP contribution in [0, 0.1) is 0 Å². The highest BCUT2D eigenvalue weighted by atomic mass is 32.2. The van der Waals surface area contributed by atoms with Crippen molar-refractivity contribution in [3.8, 4) is 5.75 Å². The number of nitrogens with zero attached hydrogens (tertiary/aromatic N) is 1. The molecular formula is C13H19NO5S. The molecule has 0 heterocycles. The SMILES string of the molecule is CC(C(=O)O)N(C)CCOc1ccc(S(C)(=O)=O)cc1. The third-order valence-corrected chi connectivity index (χ3v) is 4.11. The summed E-state index contributed by atoms with van der Waals surface area (Å²) >= 11 is 0. The summed E-state index contributed by atoms with van der Waals surface area (Å²) in [6, 6.07) is 5.54. The van der Waals surface area contributed by atoms with E-state index in [1.165, 1.54) is 12.1 Å². The molecular weight excluding hydrogens is 282 g/mol. The van der Waals surface area contributed by atoms with E-state index in [9.17, 15) is 13.2 Å². The number of carboxylic acids is 1. The molecule has 0 aliphatic heterocycles. The molecule has 0 fully saturated rings. The lowest BCUT2D eigenvalue weighted by atomic mass is 10.3. The van der Waals surface area contributed by atoms with Crippen LogP contribution < -0.4 is 4.74 Å². The Labute approximate surface area is 118 Å². The summed E-state index contributed by atoms with van der Waals surface area (Å²) in [6.45, 7) is 2.39. The Hall–Kier alpha value is -1.60. The Bertz CT molecular complexity index is 553. The molecule has 0 amide bonds. The maximum absolute atomic E-state index is 11.3. The van der Waals surface area contributed by atoms with Crippen molar-refractivity contribution in [1.29, 1.82) is 0 Å². The number of aliphatic carboxylic acids is 1. The molecule has 0 saturated heterocycles. The molecule has 6 nitrogen and oxygen atoms in total. The predicted molar refractivity (Wildman–Crippen MR) is 74.8 cm³/mol. The highest BCUT2D eigenvalue weighted by Gasteiger charge is 2.16. The van der Waals surface area contributed by atoms with Crippen LogP contribution in [0.3, 0.4) is 0 Å². The Morgan fingerprint density at radius 3 is 2.35 bits per heavy atom. The minimum atomic E-state index is -3.20. The molecule has 1 aromatic carbocycles. The molecule has 112 valence electrons. The minimum Gasteiger partial charge on any atom is -0.492 e. The second kappa shape index (κ2) is 6.71. The van der Waals surface area contributed by atoms with Crippen molar-refractivity contribution in [2.24, 2.45) is 0 Å². The van der Waals surface area contributed by atoms with Gasteiger partial charge < -0.3 is 9.84 Å². The van der Waals surface area contributed by atoms with Crippen molar-refractivity contribution in [3.63, 3.8) is 0 Å². The number of ether oxygens (including phenoxy) is 1. The maximum atomic E-state index is 11.3. The van der Waals surface area contributed by atoms with E-state index in [0.717, 1.165) is 6.26 Å². The summed E-state index contributed by atoms with van der Waals surface area (Å²) in [5.41, 5.74) is 0. The average molecular weight is 301 g/mol. The van der Waals surface area contributed by atoms with Crippen molar-refractivity contribution in [2.45, 2.75) is 17.9 Å². The normalized spacial score (nSPS) is 13.2. The van der Waals surface area contributed by atoms with Crippen LogP contribution in [0.25, 0.3) is 0 Å². The van der Waals surface area contributed by atoms with Gasteiger partial charge in [0.15, 0.2) is 9.84 Å². The highest BCUT2D eigenvalue weighted by Crippen LogP contribution is 2.15. The zero-order valence-electron chi connectivity index (χ0n) is 11.7. The van der Waals surface area contributed by atoms with Gasteiger partial charge in [-0.15, -0.1) is 0 Å². The fraction of sp³-hybridized carbons (Fsp3) is 0.462. The molecule has 1 rings (SSSR count). The summed E-state index contributed by atoms with van der Waals surface area (Å²) in [5.74, 6) is -0.334. The fourth-order valence-corrected chi connectivity index (χ4v) is 2.10. The summed E-state index contributed by atoms with van der Waals surface area (Å²) < 4.78 is 28.0. The number of benzene rings is 1. The van der Waals surface area contributed by atoms with Crippen LogP contribution in [0.2, 0.25) is 0 Å². The molecule has 0 bridgehead atoms. The highest BCUT2D eigenvalue weighted by molar-refractivity contribution is 7.90. The van der Waals surface area contributed by atoms with Crippen molar-refractivity contribution >= 4 is 15.8 Å². The van der Waals surface area contributed by atoms with Gasteiger partial charge in [0.25, 0.3) is 0 Å². The Morgan fingerprint density at radius 2 is 1.90 bits per heavy atom. The Kier molecular flexibility index (Phi) is 5.52. The van der Waals surface area contributed by atoms with E-state index in [2.05, 4.69) is 0 Å². The number of sulfone groups is 1. The smallest absolute Gasteiger partial charge is 0.320 e. The van der Waals surface area contributed by atoms with Gasteiger partial charge in [-0.25, -0.2) is 8.42 Å². The number of carboxylic acid groups (broad SMARTS) is 1.